The van der Waals surface area contributed by atoms with E-state index < -0.39 is 23.5 Å². The smallest absolute Gasteiger partial charge is 0.485 e. The van der Waals surface area contributed by atoms with Crippen molar-refractivity contribution in [3.63, 3.8) is 0 Å². The lowest BCUT2D eigenvalue weighted by Gasteiger charge is -2.09. The van der Waals surface area contributed by atoms with Crippen LogP contribution in [0.3, 0.4) is 0 Å². The van der Waals surface area contributed by atoms with Gasteiger partial charge in [-0.2, -0.15) is 0 Å². The third-order valence-corrected chi connectivity index (χ3v) is 3.70. The zero-order valence-corrected chi connectivity index (χ0v) is 14.0. The molecular formula is C19H13F3O5. The fourth-order valence-electron chi connectivity index (χ4n) is 2.47. The SMILES string of the molecule is Cc1cc(=O)oc2cc(OCC(=O)c3ccc(OC(F)(F)F)cc3)ccc12. The van der Waals surface area contributed by atoms with Gasteiger partial charge in [0.2, 0.25) is 0 Å². The van der Waals surface area contributed by atoms with Gasteiger partial charge in [-0.3, -0.25) is 4.79 Å². The Balaban J connectivity index is 1.68. The minimum Gasteiger partial charge on any atom is -0.485 e. The van der Waals surface area contributed by atoms with Crippen LogP contribution in [0.2, 0.25) is 0 Å². The molecule has 0 fully saturated rings. The van der Waals surface area contributed by atoms with Crippen molar-refractivity contribution in [1.29, 1.82) is 0 Å². The number of Topliss-reactive ketones (excluding diaryl/α,β-unsaturated/α-hetero) is 1. The van der Waals surface area contributed by atoms with E-state index in [0.717, 1.165) is 23.1 Å². The van der Waals surface area contributed by atoms with Gasteiger partial charge in [-0.05, 0) is 48.9 Å². The van der Waals surface area contributed by atoms with E-state index in [1.165, 1.54) is 24.3 Å². The van der Waals surface area contributed by atoms with Gasteiger partial charge in [0, 0.05) is 23.1 Å². The number of hydrogen-bond acceptors (Lipinski definition) is 5. The van der Waals surface area contributed by atoms with Gasteiger partial charge in [0.05, 0.1) is 0 Å². The molecule has 0 amide bonds. The van der Waals surface area contributed by atoms with E-state index in [-0.39, 0.29) is 12.2 Å². The molecule has 5 nitrogen and oxygen atoms in total. The molecule has 1 aromatic heterocycles. The Morgan fingerprint density at radius 2 is 1.70 bits per heavy atom. The van der Waals surface area contributed by atoms with Crippen molar-refractivity contribution in [3.05, 3.63) is 70.1 Å². The summed E-state index contributed by atoms with van der Waals surface area (Å²) < 4.78 is 50.6. The Kier molecular flexibility index (Phi) is 4.89. The van der Waals surface area contributed by atoms with E-state index in [1.54, 1.807) is 19.1 Å². The summed E-state index contributed by atoms with van der Waals surface area (Å²) in [7, 11) is 0. The van der Waals surface area contributed by atoms with Crippen molar-refractivity contribution >= 4 is 16.8 Å². The standard InChI is InChI=1S/C19H13F3O5/c1-11-8-18(24)26-17-9-14(6-7-15(11)17)25-10-16(23)12-2-4-13(5-3-12)27-19(20,21)22/h2-9H,10H2,1H3. The van der Waals surface area contributed by atoms with Crippen molar-refractivity contribution < 1.29 is 31.9 Å². The number of carbonyl (C=O) groups is 1. The molecule has 8 heteroatoms. The van der Waals surface area contributed by atoms with Gasteiger partial charge in [-0.15, -0.1) is 13.2 Å². The molecule has 0 saturated heterocycles. The maximum absolute atomic E-state index is 12.1. The Morgan fingerprint density at radius 1 is 1.04 bits per heavy atom. The molecule has 0 bridgehead atoms. The van der Waals surface area contributed by atoms with E-state index >= 15 is 0 Å². The largest absolute Gasteiger partial charge is 0.573 e. The number of aryl methyl sites for hydroxylation is 1. The van der Waals surface area contributed by atoms with E-state index in [9.17, 15) is 22.8 Å². The second kappa shape index (κ2) is 7.14. The van der Waals surface area contributed by atoms with Crippen LogP contribution in [0.4, 0.5) is 13.2 Å². The molecular weight excluding hydrogens is 365 g/mol. The van der Waals surface area contributed by atoms with Gasteiger partial charge in [-0.1, -0.05) is 0 Å². The second-order valence-electron chi connectivity index (χ2n) is 5.69. The van der Waals surface area contributed by atoms with Crippen molar-refractivity contribution in [2.75, 3.05) is 6.61 Å². The quantitative estimate of drug-likeness (QED) is 0.490. The fraction of sp³-hybridized carbons (Fsp3) is 0.158. The highest BCUT2D eigenvalue weighted by atomic mass is 19.4. The Morgan fingerprint density at radius 3 is 2.37 bits per heavy atom. The first kappa shape index (κ1) is 18.5. The molecule has 2 aromatic carbocycles. The van der Waals surface area contributed by atoms with Gasteiger partial charge in [0.1, 0.15) is 17.1 Å². The Hall–Kier alpha value is -3.29. The number of rotatable bonds is 5. The first-order valence-corrected chi connectivity index (χ1v) is 7.77. The summed E-state index contributed by atoms with van der Waals surface area (Å²) in [6.07, 6.45) is -4.79. The van der Waals surface area contributed by atoms with Gasteiger partial charge < -0.3 is 13.9 Å². The predicted molar refractivity (Wildman–Crippen MR) is 90.2 cm³/mol. The van der Waals surface area contributed by atoms with Crippen LogP contribution in [0, 0.1) is 6.92 Å². The summed E-state index contributed by atoms with van der Waals surface area (Å²) in [6, 6.07) is 10.7. The van der Waals surface area contributed by atoms with Crippen molar-refractivity contribution in [2.45, 2.75) is 13.3 Å². The Labute approximate surface area is 150 Å². The second-order valence-corrected chi connectivity index (χ2v) is 5.69. The van der Waals surface area contributed by atoms with E-state index in [4.69, 9.17) is 9.15 Å². The van der Waals surface area contributed by atoms with E-state index in [2.05, 4.69) is 4.74 Å². The molecule has 0 atom stereocenters. The number of fused-ring (bicyclic) bond motifs is 1. The summed E-state index contributed by atoms with van der Waals surface area (Å²) >= 11 is 0. The Bertz CT molecular complexity index is 1040. The zero-order valence-electron chi connectivity index (χ0n) is 14.0. The number of carbonyl (C=O) groups excluding carboxylic acids is 1. The maximum Gasteiger partial charge on any atom is 0.573 e. The summed E-state index contributed by atoms with van der Waals surface area (Å²) in [5.74, 6) is -0.527. The molecule has 3 aromatic rings. The van der Waals surface area contributed by atoms with Gasteiger partial charge in [0.15, 0.2) is 12.4 Å². The minimum atomic E-state index is -4.79. The molecule has 1 heterocycles. The van der Waals surface area contributed by atoms with E-state index in [1.807, 2.05) is 0 Å². The van der Waals surface area contributed by atoms with Crippen LogP contribution < -0.4 is 15.1 Å². The molecule has 0 saturated carbocycles. The average Bonchev–Trinajstić information content (AvgIpc) is 2.58. The van der Waals surface area contributed by atoms with Crippen LogP contribution in [0.15, 0.2) is 57.7 Å². The molecule has 3 rings (SSSR count). The lowest BCUT2D eigenvalue weighted by molar-refractivity contribution is -0.274. The lowest BCUT2D eigenvalue weighted by atomic mass is 10.1. The van der Waals surface area contributed by atoms with Crippen molar-refractivity contribution in [3.8, 4) is 11.5 Å². The first-order valence-electron chi connectivity index (χ1n) is 7.77. The number of hydrogen-bond donors (Lipinski definition) is 0. The molecule has 27 heavy (non-hydrogen) atoms. The first-order chi connectivity index (χ1) is 12.7. The van der Waals surface area contributed by atoms with Crippen molar-refractivity contribution in [2.24, 2.45) is 0 Å². The highest BCUT2D eigenvalue weighted by molar-refractivity contribution is 5.97. The molecule has 140 valence electrons. The lowest BCUT2D eigenvalue weighted by Crippen LogP contribution is -2.17. The maximum atomic E-state index is 12.1. The number of ether oxygens (including phenoxy) is 2. The molecule has 0 N–H and O–H groups in total. The third kappa shape index (κ3) is 4.66. The van der Waals surface area contributed by atoms with E-state index in [0.29, 0.717) is 11.3 Å². The molecule has 0 aliphatic heterocycles. The molecule has 0 radical (unpaired) electrons. The van der Waals surface area contributed by atoms with Crippen LogP contribution in [-0.4, -0.2) is 18.8 Å². The number of alkyl halides is 3. The molecule has 0 aliphatic rings. The van der Waals surface area contributed by atoms with Crippen LogP contribution in [0.5, 0.6) is 11.5 Å². The van der Waals surface area contributed by atoms with Crippen LogP contribution in [0.1, 0.15) is 15.9 Å². The summed E-state index contributed by atoms with van der Waals surface area (Å²) in [5.41, 5.74) is 0.769. The topological polar surface area (TPSA) is 65.7 Å². The third-order valence-electron chi connectivity index (χ3n) is 3.70. The predicted octanol–water partition coefficient (Wildman–Crippen LogP) is 4.26. The van der Waals surface area contributed by atoms with Crippen LogP contribution in [0.25, 0.3) is 11.0 Å². The summed E-state index contributed by atoms with van der Waals surface area (Å²) in [5, 5.41) is 0.744. The average molecular weight is 378 g/mol. The monoisotopic (exact) mass is 378 g/mol. The molecule has 0 unspecified atom stereocenters. The van der Waals surface area contributed by atoms with Gasteiger partial charge in [-0.25, -0.2) is 4.79 Å². The zero-order chi connectivity index (χ0) is 19.6. The summed E-state index contributed by atoms with van der Waals surface area (Å²) in [6.45, 7) is 1.44. The van der Waals surface area contributed by atoms with Crippen molar-refractivity contribution in [1.82, 2.24) is 0 Å². The normalized spacial score (nSPS) is 11.4. The highest BCUT2D eigenvalue weighted by Gasteiger charge is 2.31. The number of benzene rings is 2. The number of halogens is 3. The molecule has 0 spiro atoms. The van der Waals surface area contributed by atoms with Crippen LogP contribution in [-0.2, 0) is 0 Å². The molecule has 0 aliphatic carbocycles. The minimum absolute atomic E-state index is 0.174. The fourth-order valence-corrected chi connectivity index (χ4v) is 2.47. The summed E-state index contributed by atoms with van der Waals surface area (Å²) in [4.78, 5) is 23.6. The van der Waals surface area contributed by atoms with Gasteiger partial charge in [0.25, 0.3) is 0 Å². The highest BCUT2D eigenvalue weighted by Crippen LogP contribution is 2.24. The van der Waals surface area contributed by atoms with Crippen LogP contribution >= 0.6 is 0 Å². The number of ketones is 1. The van der Waals surface area contributed by atoms with Gasteiger partial charge >= 0.3 is 12.0 Å².